The molecule has 1 aliphatic rings. The van der Waals surface area contributed by atoms with Crippen LogP contribution in [-0.2, 0) is 9.84 Å². The van der Waals surface area contributed by atoms with E-state index in [-0.39, 0.29) is 17.5 Å². The number of ether oxygens (including phenoxy) is 1. The highest BCUT2D eigenvalue weighted by molar-refractivity contribution is 7.91. The van der Waals surface area contributed by atoms with Gasteiger partial charge in [0.1, 0.15) is 5.69 Å². The molecule has 0 aliphatic carbocycles. The van der Waals surface area contributed by atoms with Crippen LogP contribution >= 0.6 is 0 Å². The number of sulfone groups is 1. The highest BCUT2D eigenvalue weighted by Gasteiger charge is 2.29. The van der Waals surface area contributed by atoms with E-state index in [9.17, 15) is 13.2 Å². The van der Waals surface area contributed by atoms with Crippen LogP contribution < -0.4 is 15.4 Å². The first kappa shape index (κ1) is 14.6. The molecule has 110 valence electrons. The number of nitrogens with zero attached hydrogens (tertiary/aromatic N) is 1. The van der Waals surface area contributed by atoms with Crippen LogP contribution in [0.3, 0.4) is 0 Å². The van der Waals surface area contributed by atoms with Crippen LogP contribution in [0.4, 0.5) is 10.5 Å². The van der Waals surface area contributed by atoms with E-state index in [2.05, 4.69) is 15.6 Å². The number of hydrogen-bond acceptors (Lipinski definition) is 5. The number of carbonyl (C=O) groups is 1. The Labute approximate surface area is 117 Å². The zero-order valence-corrected chi connectivity index (χ0v) is 11.9. The third-order valence-electron chi connectivity index (χ3n) is 2.87. The maximum Gasteiger partial charge on any atom is 0.319 e. The molecule has 20 heavy (non-hydrogen) atoms. The van der Waals surface area contributed by atoms with Gasteiger partial charge in [0, 0.05) is 12.2 Å². The third kappa shape index (κ3) is 3.83. The SMILES string of the molecule is CCOc1ncccc1NC(=O)NC1CCS(=O)(=O)C1. The molecule has 1 aromatic rings. The highest BCUT2D eigenvalue weighted by Crippen LogP contribution is 2.20. The van der Waals surface area contributed by atoms with Crippen LogP contribution in [0, 0.1) is 0 Å². The first-order valence-corrected chi connectivity index (χ1v) is 8.18. The van der Waals surface area contributed by atoms with Crippen LogP contribution in [0.2, 0.25) is 0 Å². The summed E-state index contributed by atoms with van der Waals surface area (Å²) >= 11 is 0. The van der Waals surface area contributed by atoms with E-state index in [1.54, 1.807) is 18.3 Å². The van der Waals surface area contributed by atoms with Crippen LogP contribution in [0.15, 0.2) is 18.3 Å². The number of nitrogens with one attached hydrogen (secondary N) is 2. The molecular weight excluding hydrogens is 282 g/mol. The minimum atomic E-state index is -3.01. The minimum absolute atomic E-state index is 0.00816. The lowest BCUT2D eigenvalue weighted by Crippen LogP contribution is -2.38. The molecule has 0 saturated carbocycles. The second kappa shape index (κ2) is 6.08. The number of carbonyl (C=O) groups excluding carboxylic acids is 1. The largest absolute Gasteiger partial charge is 0.476 e. The van der Waals surface area contributed by atoms with Gasteiger partial charge in [-0.3, -0.25) is 0 Å². The molecule has 0 aromatic carbocycles. The van der Waals surface area contributed by atoms with E-state index in [0.29, 0.717) is 24.6 Å². The molecule has 0 bridgehead atoms. The number of hydrogen-bond donors (Lipinski definition) is 2. The topological polar surface area (TPSA) is 97.4 Å². The van der Waals surface area contributed by atoms with Gasteiger partial charge in [-0.25, -0.2) is 18.2 Å². The summed E-state index contributed by atoms with van der Waals surface area (Å²) in [5.41, 5.74) is 0.452. The molecule has 7 nitrogen and oxygen atoms in total. The molecule has 1 aliphatic heterocycles. The van der Waals surface area contributed by atoms with Crippen LogP contribution in [-0.4, -0.2) is 43.6 Å². The van der Waals surface area contributed by atoms with E-state index in [1.165, 1.54) is 0 Å². The predicted octanol–water partition coefficient (Wildman–Crippen LogP) is 0.789. The average molecular weight is 299 g/mol. The van der Waals surface area contributed by atoms with Crippen molar-refractivity contribution in [3.05, 3.63) is 18.3 Å². The zero-order chi connectivity index (χ0) is 14.6. The van der Waals surface area contributed by atoms with Gasteiger partial charge in [-0.1, -0.05) is 0 Å². The summed E-state index contributed by atoms with van der Waals surface area (Å²) in [5.74, 6) is 0.449. The third-order valence-corrected chi connectivity index (χ3v) is 4.64. The lowest BCUT2D eigenvalue weighted by atomic mass is 10.3. The van der Waals surface area contributed by atoms with Crippen molar-refractivity contribution in [1.29, 1.82) is 0 Å². The van der Waals surface area contributed by atoms with Gasteiger partial charge in [-0.2, -0.15) is 0 Å². The molecule has 2 rings (SSSR count). The second-order valence-corrected chi connectivity index (χ2v) is 6.72. The lowest BCUT2D eigenvalue weighted by Gasteiger charge is -2.13. The van der Waals surface area contributed by atoms with Crippen molar-refractivity contribution in [3.63, 3.8) is 0 Å². The van der Waals surface area contributed by atoms with Crippen LogP contribution in [0.5, 0.6) is 5.88 Å². The average Bonchev–Trinajstić information content (AvgIpc) is 2.71. The molecule has 2 amide bonds. The number of urea groups is 1. The second-order valence-electron chi connectivity index (χ2n) is 4.49. The monoisotopic (exact) mass is 299 g/mol. The number of amides is 2. The smallest absolute Gasteiger partial charge is 0.319 e. The normalized spacial score (nSPS) is 20.4. The van der Waals surface area contributed by atoms with E-state index < -0.39 is 15.9 Å². The Balaban J connectivity index is 1.95. The van der Waals surface area contributed by atoms with Gasteiger partial charge in [-0.15, -0.1) is 0 Å². The standard InChI is InChI=1S/C12H17N3O4S/c1-2-19-11-10(4-3-6-13-11)15-12(16)14-9-5-7-20(17,18)8-9/h3-4,6,9H,2,5,7-8H2,1H3,(H2,14,15,16). The van der Waals surface area contributed by atoms with Gasteiger partial charge >= 0.3 is 6.03 Å². The molecule has 1 aromatic heterocycles. The maximum atomic E-state index is 11.8. The van der Waals surface area contributed by atoms with Crippen LogP contribution in [0.25, 0.3) is 0 Å². The number of pyridine rings is 1. The van der Waals surface area contributed by atoms with Crippen molar-refractivity contribution in [2.45, 2.75) is 19.4 Å². The number of anilines is 1. The van der Waals surface area contributed by atoms with Crippen molar-refractivity contribution in [1.82, 2.24) is 10.3 Å². The molecule has 1 unspecified atom stereocenters. The Bertz CT molecular complexity index is 588. The van der Waals surface area contributed by atoms with Gasteiger partial charge in [0.15, 0.2) is 9.84 Å². The van der Waals surface area contributed by atoms with E-state index in [0.717, 1.165) is 0 Å². The zero-order valence-electron chi connectivity index (χ0n) is 11.1. The Morgan fingerprint density at radius 3 is 3.00 bits per heavy atom. The molecule has 2 N–H and O–H groups in total. The summed E-state index contributed by atoms with van der Waals surface area (Å²) in [4.78, 5) is 15.9. The highest BCUT2D eigenvalue weighted by atomic mass is 32.2. The Hall–Kier alpha value is -1.83. The molecule has 2 heterocycles. The Morgan fingerprint density at radius 1 is 1.55 bits per heavy atom. The van der Waals surface area contributed by atoms with Gasteiger partial charge in [0.2, 0.25) is 5.88 Å². The quantitative estimate of drug-likeness (QED) is 0.856. The molecule has 1 saturated heterocycles. The summed E-state index contributed by atoms with van der Waals surface area (Å²) < 4.78 is 27.9. The van der Waals surface area contributed by atoms with Gasteiger partial charge in [0.05, 0.1) is 18.1 Å². The molecular formula is C12H17N3O4S. The van der Waals surface area contributed by atoms with Gasteiger partial charge < -0.3 is 15.4 Å². The van der Waals surface area contributed by atoms with E-state index in [4.69, 9.17) is 4.74 Å². The van der Waals surface area contributed by atoms with Crippen LogP contribution in [0.1, 0.15) is 13.3 Å². The number of rotatable bonds is 4. The minimum Gasteiger partial charge on any atom is -0.476 e. The first-order valence-electron chi connectivity index (χ1n) is 6.36. The van der Waals surface area contributed by atoms with Crippen molar-refractivity contribution < 1.29 is 17.9 Å². The van der Waals surface area contributed by atoms with E-state index >= 15 is 0 Å². The van der Waals surface area contributed by atoms with E-state index in [1.807, 2.05) is 6.92 Å². The Morgan fingerprint density at radius 2 is 2.35 bits per heavy atom. The molecule has 0 spiro atoms. The molecule has 1 atom stereocenters. The van der Waals surface area contributed by atoms with Gasteiger partial charge in [0.25, 0.3) is 0 Å². The maximum absolute atomic E-state index is 11.8. The van der Waals surface area contributed by atoms with Gasteiger partial charge in [-0.05, 0) is 25.5 Å². The Kier molecular flexibility index (Phi) is 4.43. The molecule has 0 radical (unpaired) electrons. The predicted molar refractivity (Wildman–Crippen MR) is 74.6 cm³/mol. The number of aromatic nitrogens is 1. The lowest BCUT2D eigenvalue weighted by molar-refractivity contribution is 0.249. The fourth-order valence-corrected chi connectivity index (χ4v) is 3.66. The summed E-state index contributed by atoms with van der Waals surface area (Å²) in [7, 11) is -3.01. The van der Waals surface area contributed by atoms with Crippen molar-refractivity contribution in [2.75, 3.05) is 23.4 Å². The molecule has 8 heteroatoms. The molecule has 1 fully saturated rings. The summed E-state index contributed by atoms with van der Waals surface area (Å²) in [6.07, 6.45) is 2.01. The van der Waals surface area contributed by atoms with Crippen molar-refractivity contribution in [3.8, 4) is 5.88 Å². The van der Waals surface area contributed by atoms with Crippen molar-refractivity contribution >= 4 is 21.6 Å². The summed E-state index contributed by atoms with van der Waals surface area (Å²) in [6.45, 7) is 2.26. The fraction of sp³-hybridized carbons (Fsp3) is 0.500. The summed E-state index contributed by atoms with van der Waals surface area (Å²) in [5, 5.41) is 5.26. The fourth-order valence-electron chi connectivity index (χ4n) is 1.99. The first-order chi connectivity index (χ1) is 9.50. The van der Waals surface area contributed by atoms with Crippen molar-refractivity contribution in [2.24, 2.45) is 0 Å². The summed E-state index contributed by atoms with van der Waals surface area (Å²) in [6, 6.07) is 2.55.